The van der Waals surface area contributed by atoms with Gasteiger partial charge in [-0.25, -0.2) is 0 Å². The van der Waals surface area contributed by atoms with Crippen molar-refractivity contribution in [2.75, 3.05) is 0 Å². The SMILES string of the molecule is Cc1cc2c(-n3cccc3)ccc(C)c2[cH-]1.Cc1cc2c(-n3cccc3)ccc(C)c2[cH-]1.[Cl][Zr+2][Cl]. The van der Waals surface area contributed by atoms with Gasteiger partial charge in [-0.3, -0.25) is 0 Å². The summed E-state index contributed by atoms with van der Waals surface area (Å²) in [6.45, 7) is 8.64. The van der Waals surface area contributed by atoms with E-state index in [-0.39, 0.29) is 0 Å². The second kappa shape index (κ2) is 11.6. The second-order valence-electron chi connectivity index (χ2n) is 8.78. The Morgan fingerprint density at radius 1 is 0.600 bits per heavy atom. The number of hydrogen-bond acceptors (Lipinski definition) is 0. The third-order valence-electron chi connectivity index (χ3n) is 6.22. The second-order valence-corrected chi connectivity index (χ2v) is 12.5. The van der Waals surface area contributed by atoms with Gasteiger partial charge in [0.1, 0.15) is 0 Å². The minimum absolute atomic E-state index is 0.826. The van der Waals surface area contributed by atoms with Crippen molar-refractivity contribution in [1.82, 2.24) is 9.13 Å². The van der Waals surface area contributed by atoms with Crippen LogP contribution in [0, 0.1) is 27.7 Å². The minimum atomic E-state index is -0.826. The first-order valence-corrected chi connectivity index (χ1v) is 17.8. The van der Waals surface area contributed by atoms with Crippen molar-refractivity contribution in [1.29, 1.82) is 0 Å². The first-order chi connectivity index (χ1) is 16.9. The van der Waals surface area contributed by atoms with Crippen LogP contribution in [0.25, 0.3) is 32.9 Å². The zero-order valence-corrected chi connectivity index (χ0v) is 24.4. The standard InChI is InChI=1S/2C15H14N.2ClH.Zr/c2*1-11-9-13-12(2)5-6-15(14(13)10-11)16-7-3-4-8-16;;;/h2*3-10H,1-2H3;2*1H;/q2*-1;;;+4/p-2. The summed E-state index contributed by atoms with van der Waals surface area (Å²) in [5.74, 6) is 0. The molecule has 0 amide bonds. The van der Waals surface area contributed by atoms with Crippen molar-refractivity contribution in [3.63, 3.8) is 0 Å². The molecule has 0 aliphatic carbocycles. The Morgan fingerprint density at radius 2 is 0.943 bits per heavy atom. The predicted molar refractivity (Wildman–Crippen MR) is 148 cm³/mol. The van der Waals surface area contributed by atoms with Crippen LogP contribution >= 0.6 is 17.0 Å². The van der Waals surface area contributed by atoms with Gasteiger partial charge in [0.2, 0.25) is 0 Å². The van der Waals surface area contributed by atoms with Crippen LogP contribution in [0.4, 0.5) is 0 Å². The molecular weight excluding hydrogens is 550 g/mol. The number of benzene rings is 2. The summed E-state index contributed by atoms with van der Waals surface area (Å²) in [5, 5.41) is 5.41. The summed E-state index contributed by atoms with van der Waals surface area (Å²) in [7, 11) is 9.87. The molecule has 0 spiro atoms. The van der Waals surface area contributed by atoms with Crippen LogP contribution in [0.2, 0.25) is 0 Å². The molecule has 4 aromatic carbocycles. The van der Waals surface area contributed by atoms with Gasteiger partial charge in [-0.15, -0.1) is 55.9 Å². The number of rotatable bonds is 2. The molecule has 2 nitrogen and oxygen atoms in total. The Bertz CT molecular complexity index is 1400. The van der Waals surface area contributed by atoms with Gasteiger partial charge < -0.3 is 9.13 Å². The molecule has 5 heteroatoms. The third kappa shape index (κ3) is 5.75. The Morgan fingerprint density at radius 3 is 1.29 bits per heavy atom. The van der Waals surface area contributed by atoms with E-state index in [1.165, 1.54) is 55.2 Å². The molecule has 0 N–H and O–H groups in total. The number of nitrogens with zero attached hydrogens (tertiary/aromatic N) is 2. The van der Waals surface area contributed by atoms with Gasteiger partial charge in [0.05, 0.1) is 0 Å². The van der Waals surface area contributed by atoms with E-state index in [1.807, 2.05) is 0 Å². The maximum atomic E-state index is 4.93. The van der Waals surface area contributed by atoms with E-state index < -0.39 is 20.8 Å². The average molecular weight is 579 g/mol. The third-order valence-corrected chi connectivity index (χ3v) is 6.22. The van der Waals surface area contributed by atoms with Crippen molar-refractivity contribution < 1.29 is 20.8 Å². The van der Waals surface area contributed by atoms with Gasteiger partial charge in [-0.2, -0.15) is 12.1 Å². The van der Waals surface area contributed by atoms with Crippen LogP contribution in [0.1, 0.15) is 22.3 Å². The molecule has 0 radical (unpaired) electrons. The summed E-state index contributed by atoms with van der Waals surface area (Å²) in [6.07, 6.45) is 8.36. The van der Waals surface area contributed by atoms with Crippen molar-refractivity contribution in [2.24, 2.45) is 0 Å². The monoisotopic (exact) mass is 576 g/mol. The molecule has 0 saturated heterocycles. The van der Waals surface area contributed by atoms with Crippen molar-refractivity contribution in [3.8, 4) is 11.4 Å². The molecule has 0 unspecified atom stereocenters. The maximum absolute atomic E-state index is 4.93. The van der Waals surface area contributed by atoms with Gasteiger partial charge in [0.25, 0.3) is 0 Å². The van der Waals surface area contributed by atoms with Crippen molar-refractivity contribution >= 4 is 38.6 Å². The molecule has 2 aromatic heterocycles. The van der Waals surface area contributed by atoms with E-state index in [0.717, 1.165) is 0 Å². The average Bonchev–Trinajstić information content (AvgIpc) is 3.62. The van der Waals surface area contributed by atoms with Gasteiger partial charge in [0.15, 0.2) is 0 Å². The Balaban J connectivity index is 0.000000149. The first-order valence-electron chi connectivity index (χ1n) is 11.5. The summed E-state index contributed by atoms with van der Waals surface area (Å²) >= 11 is -0.826. The Labute approximate surface area is 226 Å². The quantitative estimate of drug-likeness (QED) is 0.181. The summed E-state index contributed by atoms with van der Waals surface area (Å²) in [4.78, 5) is 0. The van der Waals surface area contributed by atoms with E-state index in [0.29, 0.717) is 0 Å². The van der Waals surface area contributed by atoms with Gasteiger partial charge in [-0.05, 0) is 24.3 Å². The topological polar surface area (TPSA) is 9.86 Å². The van der Waals surface area contributed by atoms with Crippen LogP contribution in [-0.4, -0.2) is 9.13 Å². The van der Waals surface area contributed by atoms with E-state index in [9.17, 15) is 0 Å². The van der Waals surface area contributed by atoms with E-state index in [4.69, 9.17) is 17.0 Å². The predicted octanol–water partition coefficient (Wildman–Crippen LogP) is 9.31. The Kier molecular flexibility index (Phi) is 8.55. The van der Waals surface area contributed by atoms with Crippen molar-refractivity contribution in [2.45, 2.75) is 27.7 Å². The summed E-state index contributed by atoms with van der Waals surface area (Å²) < 4.78 is 4.34. The fourth-order valence-corrected chi connectivity index (χ4v) is 4.59. The Hall–Kier alpha value is -2.32. The fraction of sp³-hybridized carbons (Fsp3) is 0.133. The van der Waals surface area contributed by atoms with Crippen LogP contribution in [0.5, 0.6) is 0 Å². The molecule has 0 fully saturated rings. The number of aryl methyl sites for hydroxylation is 4. The van der Waals surface area contributed by atoms with E-state index in [2.05, 4.69) is 134 Å². The van der Waals surface area contributed by atoms with E-state index >= 15 is 0 Å². The molecule has 35 heavy (non-hydrogen) atoms. The number of fused-ring (bicyclic) bond motifs is 2. The molecule has 176 valence electrons. The fourth-order valence-electron chi connectivity index (χ4n) is 4.59. The molecule has 0 aliphatic rings. The summed E-state index contributed by atoms with van der Waals surface area (Å²) in [6, 6.07) is 26.0. The number of halogens is 2. The van der Waals surface area contributed by atoms with Gasteiger partial charge in [-0.1, -0.05) is 52.0 Å². The normalized spacial score (nSPS) is 10.5. The molecule has 6 aromatic rings. The molecule has 0 atom stereocenters. The number of aromatic nitrogens is 2. The molecule has 6 rings (SSSR count). The molecule has 0 aliphatic heterocycles. The van der Waals surface area contributed by atoms with Crippen LogP contribution in [0.3, 0.4) is 0 Å². The van der Waals surface area contributed by atoms with Crippen LogP contribution < -0.4 is 0 Å². The van der Waals surface area contributed by atoms with Crippen LogP contribution in [0.15, 0.2) is 97.6 Å². The molecule has 0 saturated carbocycles. The summed E-state index contributed by atoms with van der Waals surface area (Å²) in [5.41, 5.74) is 7.88. The van der Waals surface area contributed by atoms with Gasteiger partial charge >= 0.3 is 37.9 Å². The van der Waals surface area contributed by atoms with Gasteiger partial charge in [0, 0.05) is 36.2 Å². The molecular formula is C30H28Cl2N2Zr. The van der Waals surface area contributed by atoms with Crippen molar-refractivity contribution in [3.05, 3.63) is 120 Å². The van der Waals surface area contributed by atoms with E-state index in [1.54, 1.807) is 0 Å². The molecule has 2 heterocycles. The molecule has 0 bridgehead atoms. The van der Waals surface area contributed by atoms with Crippen LogP contribution in [-0.2, 0) is 20.8 Å². The zero-order chi connectivity index (χ0) is 24.9. The number of hydrogen-bond donors (Lipinski definition) is 0. The zero-order valence-electron chi connectivity index (χ0n) is 20.4. The first kappa shape index (κ1) is 25.8.